The molecule has 3 rings (SSSR count). The molecule has 0 saturated heterocycles. The molecule has 2 unspecified atom stereocenters. The third kappa shape index (κ3) is 17.2. The largest absolute Gasteiger partial charge is 0.478 e. The van der Waals surface area contributed by atoms with Crippen LogP contribution in [0.2, 0.25) is 0 Å². The first-order chi connectivity index (χ1) is 24.6. The first-order valence-electron chi connectivity index (χ1n) is 19.5. The third-order valence-corrected chi connectivity index (χ3v) is 9.76. The number of rotatable bonds is 21. The molecule has 0 saturated carbocycles. The molecule has 0 aliphatic heterocycles. The molecular weight excluding hydrogens is 636 g/mol. The Morgan fingerprint density at radius 2 is 0.902 bits per heavy atom. The topological polar surface area (TPSA) is 112 Å². The van der Waals surface area contributed by atoms with E-state index in [9.17, 15) is 19.5 Å². The van der Waals surface area contributed by atoms with Crippen molar-refractivity contribution in [1.82, 2.24) is 0 Å². The van der Waals surface area contributed by atoms with Crippen molar-refractivity contribution in [2.24, 2.45) is 11.8 Å². The van der Waals surface area contributed by atoms with Crippen LogP contribution in [0.3, 0.4) is 0 Å². The van der Waals surface area contributed by atoms with Gasteiger partial charge in [-0.25, -0.2) is 14.4 Å². The van der Waals surface area contributed by atoms with Gasteiger partial charge in [0.15, 0.2) is 0 Å². The Morgan fingerprint density at radius 1 is 0.490 bits per heavy atom. The Morgan fingerprint density at radius 3 is 1.29 bits per heavy atom. The average Bonchev–Trinajstić information content (AvgIpc) is 3.14. The van der Waals surface area contributed by atoms with Gasteiger partial charge in [-0.1, -0.05) is 161 Å². The maximum Gasteiger partial charge on any atom is 0.335 e. The predicted molar refractivity (Wildman–Crippen MR) is 211 cm³/mol. The van der Waals surface area contributed by atoms with Crippen molar-refractivity contribution >= 4 is 17.9 Å². The van der Waals surface area contributed by atoms with Crippen LogP contribution in [0.5, 0.6) is 0 Å². The lowest BCUT2D eigenvalue weighted by Gasteiger charge is -2.15. The Labute approximate surface area is 308 Å². The van der Waals surface area contributed by atoms with E-state index in [1.807, 2.05) is 36.4 Å². The van der Waals surface area contributed by atoms with Crippen molar-refractivity contribution in [1.29, 1.82) is 0 Å². The smallest absolute Gasteiger partial charge is 0.335 e. The molecule has 0 aliphatic carbocycles. The number of hydrogen-bond donors (Lipinski definition) is 3. The van der Waals surface area contributed by atoms with Gasteiger partial charge in [0.25, 0.3) is 0 Å². The number of unbranched alkanes of at least 4 members (excludes halogenated alkanes) is 5. The first-order valence-corrected chi connectivity index (χ1v) is 19.5. The van der Waals surface area contributed by atoms with Gasteiger partial charge in [0.1, 0.15) is 0 Å². The van der Waals surface area contributed by atoms with E-state index in [1.54, 1.807) is 30.3 Å². The highest BCUT2D eigenvalue weighted by atomic mass is 16.4. The van der Waals surface area contributed by atoms with Gasteiger partial charge in [-0.2, -0.15) is 0 Å². The van der Waals surface area contributed by atoms with Gasteiger partial charge in [-0.05, 0) is 84.4 Å². The fraction of sp³-hybridized carbons (Fsp3) is 0.533. The number of hydrogen-bond acceptors (Lipinski definition) is 3. The monoisotopic (exact) mass is 702 g/mol. The number of carbonyl (C=O) groups is 3. The first kappa shape index (κ1) is 45.1. The molecule has 3 aromatic rings. The van der Waals surface area contributed by atoms with Crippen LogP contribution in [-0.2, 0) is 25.7 Å². The summed E-state index contributed by atoms with van der Waals surface area (Å²) in [4.78, 5) is 33.4. The van der Waals surface area contributed by atoms with E-state index in [0.717, 1.165) is 61.6 Å². The summed E-state index contributed by atoms with van der Waals surface area (Å²) in [5, 5.41) is 27.4. The molecule has 3 aromatic carbocycles. The molecule has 6 nitrogen and oxygen atoms in total. The van der Waals surface area contributed by atoms with Crippen molar-refractivity contribution in [3.63, 3.8) is 0 Å². The van der Waals surface area contributed by atoms with Gasteiger partial charge in [-0.15, -0.1) is 0 Å². The lowest BCUT2D eigenvalue weighted by molar-refractivity contribution is 0.0684. The minimum Gasteiger partial charge on any atom is -0.478 e. The minimum atomic E-state index is -0.814. The van der Waals surface area contributed by atoms with Gasteiger partial charge in [0.05, 0.1) is 16.7 Å². The molecule has 0 heterocycles. The Balaban J connectivity index is 0.000000382. The van der Waals surface area contributed by atoms with E-state index >= 15 is 0 Å². The van der Waals surface area contributed by atoms with Crippen LogP contribution in [0.15, 0.2) is 66.7 Å². The Kier molecular flexibility index (Phi) is 23.7. The Hall–Kier alpha value is -3.93. The zero-order valence-electron chi connectivity index (χ0n) is 32.4. The van der Waals surface area contributed by atoms with Gasteiger partial charge in [0.2, 0.25) is 0 Å². The second-order valence-electron chi connectivity index (χ2n) is 13.6. The molecular formula is C45H66O6. The van der Waals surface area contributed by atoms with E-state index < -0.39 is 17.9 Å². The second kappa shape index (κ2) is 26.8. The van der Waals surface area contributed by atoms with E-state index in [1.165, 1.54) is 63.4 Å². The summed E-state index contributed by atoms with van der Waals surface area (Å²) in [6.45, 7) is 13.0. The molecule has 2 atom stereocenters. The van der Waals surface area contributed by atoms with Gasteiger partial charge >= 0.3 is 17.9 Å². The maximum atomic E-state index is 11.2. The third-order valence-electron chi connectivity index (χ3n) is 9.76. The quantitative estimate of drug-likeness (QED) is 0.0953. The van der Waals surface area contributed by atoms with Crippen LogP contribution in [-0.4, -0.2) is 33.2 Å². The highest BCUT2D eigenvalue weighted by molar-refractivity contribution is 5.90. The Bertz CT molecular complexity index is 1360. The van der Waals surface area contributed by atoms with Crippen molar-refractivity contribution in [2.75, 3.05) is 0 Å². The molecule has 0 aromatic heterocycles. The SMILES string of the molecule is CCCCC(CC)Cc1ccccc1C(=O)O.CCCCC(CC)Cc1ccccc1C(=O)O.CCCCCCc1c(CC)cccc1C(=O)O. The summed E-state index contributed by atoms with van der Waals surface area (Å²) in [6, 6.07) is 20.3. The van der Waals surface area contributed by atoms with Crippen molar-refractivity contribution < 1.29 is 29.7 Å². The van der Waals surface area contributed by atoms with E-state index in [4.69, 9.17) is 10.2 Å². The van der Waals surface area contributed by atoms with Crippen LogP contribution in [0, 0.1) is 11.8 Å². The highest BCUT2D eigenvalue weighted by Gasteiger charge is 2.15. The number of aryl methyl sites for hydroxylation is 1. The summed E-state index contributed by atoms with van der Waals surface area (Å²) in [6.07, 6.45) is 17.8. The standard InChI is InChI=1S/3C15H22O2/c2*1-3-5-8-12(4-2)11-13-9-6-7-10-14(13)15(16)17;1-3-5-6-7-10-13-12(4-2)9-8-11-14(13)15(16)17/h2*6-7,9-10,12H,3-5,8,11H2,1-2H3,(H,16,17);8-9,11H,3-7,10H2,1-2H3,(H,16,17). The van der Waals surface area contributed by atoms with Crippen LogP contribution in [0.4, 0.5) is 0 Å². The number of carboxylic acid groups (broad SMARTS) is 3. The minimum absolute atomic E-state index is 0.461. The molecule has 0 amide bonds. The molecule has 0 bridgehead atoms. The molecule has 0 aliphatic rings. The van der Waals surface area contributed by atoms with Gasteiger partial charge in [0, 0.05) is 0 Å². The van der Waals surface area contributed by atoms with Gasteiger partial charge in [-0.3, -0.25) is 0 Å². The highest BCUT2D eigenvalue weighted by Crippen LogP contribution is 2.23. The summed E-state index contributed by atoms with van der Waals surface area (Å²) >= 11 is 0. The van der Waals surface area contributed by atoms with Crippen LogP contribution >= 0.6 is 0 Å². The van der Waals surface area contributed by atoms with Crippen LogP contribution in [0.1, 0.15) is 172 Å². The molecule has 6 heteroatoms. The predicted octanol–water partition coefficient (Wildman–Crippen LogP) is 12.4. The van der Waals surface area contributed by atoms with Crippen molar-refractivity contribution in [2.45, 2.75) is 144 Å². The summed E-state index contributed by atoms with van der Waals surface area (Å²) in [7, 11) is 0. The van der Waals surface area contributed by atoms with Crippen LogP contribution in [0.25, 0.3) is 0 Å². The van der Waals surface area contributed by atoms with Crippen molar-refractivity contribution in [3.05, 3.63) is 106 Å². The number of aromatic carboxylic acids is 3. The van der Waals surface area contributed by atoms with E-state index in [0.29, 0.717) is 28.5 Å². The number of carboxylic acids is 3. The van der Waals surface area contributed by atoms with Crippen LogP contribution < -0.4 is 0 Å². The summed E-state index contributed by atoms with van der Waals surface area (Å²) in [5.41, 5.74) is 5.58. The maximum absolute atomic E-state index is 11.2. The lowest BCUT2D eigenvalue weighted by Crippen LogP contribution is -2.08. The van der Waals surface area contributed by atoms with E-state index in [-0.39, 0.29) is 0 Å². The second-order valence-corrected chi connectivity index (χ2v) is 13.6. The molecule has 0 fully saturated rings. The molecule has 0 radical (unpaired) electrons. The zero-order valence-corrected chi connectivity index (χ0v) is 32.4. The molecule has 3 N–H and O–H groups in total. The van der Waals surface area contributed by atoms with Gasteiger partial charge < -0.3 is 15.3 Å². The van der Waals surface area contributed by atoms with Crippen molar-refractivity contribution in [3.8, 4) is 0 Å². The summed E-state index contributed by atoms with van der Waals surface area (Å²) < 4.78 is 0. The fourth-order valence-electron chi connectivity index (χ4n) is 6.51. The molecule has 282 valence electrons. The zero-order chi connectivity index (χ0) is 38.0. The normalized spacial score (nSPS) is 11.7. The molecule has 0 spiro atoms. The fourth-order valence-corrected chi connectivity index (χ4v) is 6.51. The molecule has 51 heavy (non-hydrogen) atoms. The number of benzene rings is 3. The van der Waals surface area contributed by atoms with E-state index in [2.05, 4.69) is 41.5 Å². The lowest BCUT2D eigenvalue weighted by atomic mass is 9.90. The average molecular weight is 703 g/mol. The summed E-state index contributed by atoms with van der Waals surface area (Å²) in [5.74, 6) is -1.21.